The number of rotatable bonds is 3. The Balaban J connectivity index is 1.59. The molecule has 1 atom stereocenters. The van der Waals surface area contributed by atoms with Crippen LogP contribution in [0.4, 0.5) is 11.4 Å². The van der Waals surface area contributed by atoms with Crippen LogP contribution in [0.15, 0.2) is 48.5 Å². The lowest BCUT2D eigenvalue weighted by Crippen LogP contribution is -2.52. The lowest BCUT2D eigenvalue weighted by molar-refractivity contribution is -0.125. The van der Waals surface area contributed by atoms with Crippen molar-refractivity contribution < 1.29 is 14.3 Å². The summed E-state index contributed by atoms with van der Waals surface area (Å²) in [6, 6.07) is 15.4. The van der Waals surface area contributed by atoms with Crippen LogP contribution in [-0.4, -0.2) is 37.6 Å². The number of amides is 2. The molecule has 2 aromatic carbocycles. The van der Waals surface area contributed by atoms with E-state index in [0.717, 1.165) is 25.1 Å². The molecule has 26 heavy (non-hydrogen) atoms. The van der Waals surface area contributed by atoms with Crippen LogP contribution in [0.25, 0.3) is 0 Å². The molecule has 0 bridgehead atoms. The quantitative estimate of drug-likeness (QED) is 0.914. The summed E-state index contributed by atoms with van der Waals surface area (Å²) in [7, 11) is 0. The van der Waals surface area contributed by atoms with Gasteiger partial charge in [-0.3, -0.25) is 9.59 Å². The van der Waals surface area contributed by atoms with Gasteiger partial charge in [-0.2, -0.15) is 0 Å². The summed E-state index contributed by atoms with van der Waals surface area (Å²) in [6.07, 6.45) is 1.22. The molecule has 6 heteroatoms. The molecule has 0 aromatic heterocycles. The maximum atomic E-state index is 13.1. The minimum atomic E-state index is -0.831. The van der Waals surface area contributed by atoms with Crippen LogP contribution in [0.3, 0.4) is 0 Å². The second-order valence-corrected chi connectivity index (χ2v) is 6.63. The normalized spacial score (nSPS) is 18.5. The van der Waals surface area contributed by atoms with Gasteiger partial charge in [-0.05, 0) is 36.6 Å². The highest BCUT2D eigenvalue weighted by molar-refractivity contribution is 5.99. The number of aryl methyl sites for hydroxylation is 1. The van der Waals surface area contributed by atoms with E-state index >= 15 is 0 Å². The maximum Gasteiger partial charge on any atom is 0.260 e. The van der Waals surface area contributed by atoms with Crippen molar-refractivity contribution in [2.24, 2.45) is 5.73 Å². The Morgan fingerprint density at radius 1 is 1.08 bits per heavy atom. The van der Waals surface area contributed by atoms with E-state index in [9.17, 15) is 9.59 Å². The van der Waals surface area contributed by atoms with Gasteiger partial charge in [-0.1, -0.05) is 30.3 Å². The summed E-state index contributed by atoms with van der Waals surface area (Å²) in [5.74, 6) is -0.126. The maximum absolute atomic E-state index is 13.1. The third-order valence-electron chi connectivity index (χ3n) is 4.92. The fraction of sp³-hybridized carbons (Fsp3) is 0.300. The lowest BCUT2D eigenvalue weighted by atomic mass is 10.0. The first kappa shape index (κ1) is 16.4. The van der Waals surface area contributed by atoms with Crippen molar-refractivity contribution in [2.75, 3.05) is 29.4 Å². The van der Waals surface area contributed by atoms with Crippen molar-refractivity contribution in [3.8, 4) is 5.75 Å². The zero-order chi connectivity index (χ0) is 18.1. The molecule has 0 unspecified atom stereocenters. The third-order valence-corrected chi connectivity index (χ3v) is 4.92. The second kappa shape index (κ2) is 6.71. The van der Waals surface area contributed by atoms with E-state index in [1.807, 2.05) is 30.3 Å². The number of benzene rings is 2. The highest BCUT2D eigenvalue weighted by Crippen LogP contribution is 2.34. The average molecular weight is 351 g/mol. The Morgan fingerprint density at radius 2 is 1.81 bits per heavy atom. The van der Waals surface area contributed by atoms with Crippen molar-refractivity contribution in [1.29, 1.82) is 0 Å². The number of hydrogen-bond acceptors (Lipinski definition) is 4. The Kier molecular flexibility index (Phi) is 4.24. The summed E-state index contributed by atoms with van der Waals surface area (Å²) in [5, 5.41) is 0. The number of fused-ring (bicyclic) bond motifs is 2. The molecule has 0 spiro atoms. The second-order valence-electron chi connectivity index (χ2n) is 6.63. The van der Waals surface area contributed by atoms with Gasteiger partial charge in [0.1, 0.15) is 5.75 Å². The first-order valence-electron chi connectivity index (χ1n) is 8.81. The van der Waals surface area contributed by atoms with E-state index in [1.54, 1.807) is 11.0 Å². The first-order valence-corrected chi connectivity index (χ1v) is 8.81. The first-order chi connectivity index (χ1) is 12.6. The van der Waals surface area contributed by atoms with Crippen LogP contribution in [-0.2, 0) is 16.0 Å². The van der Waals surface area contributed by atoms with Gasteiger partial charge in [-0.15, -0.1) is 0 Å². The van der Waals surface area contributed by atoms with Crippen LogP contribution in [0.1, 0.15) is 12.0 Å². The van der Waals surface area contributed by atoms with E-state index in [1.165, 1.54) is 5.56 Å². The zero-order valence-electron chi connectivity index (χ0n) is 14.4. The average Bonchev–Trinajstić information content (AvgIpc) is 2.67. The van der Waals surface area contributed by atoms with Crippen molar-refractivity contribution in [2.45, 2.75) is 18.9 Å². The fourth-order valence-electron chi connectivity index (χ4n) is 3.64. The van der Waals surface area contributed by atoms with Gasteiger partial charge in [0.05, 0.1) is 18.8 Å². The van der Waals surface area contributed by atoms with E-state index in [0.29, 0.717) is 11.4 Å². The van der Waals surface area contributed by atoms with Crippen LogP contribution >= 0.6 is 0 Å². The molecule has 2 N–H and O–H groups in total. The Hall–Kier alpha value is -3.02. The predicted octanol–water partition coefficient (Wildman–Crippen LogP) is 1.72. The molecule has 2 aliphatic heterocycles. The van der Waals surface area contributed by atoms with Crippen molar-refractivity contribution in [1.82, 2.24) is 0 Å². The SMILES string of the molecule is NC(=O)[C@@H]1CN(C(=O)CN2CCCc3ccccc32)c2ccccc2O1. The standard InChI is InChI=1S/C20H21N3O3/c21-20(25)18-12-23(16-9-3-4-10-17(16)26-18)19(24)13-22-11-5-7-14-6-1-2-8-15(14)22/h1-4,6,8-10,18H,5,7,11-13H2,(H2,21,25)/t18-/m0/s1. The van der Waals surface area contributed by atoms with E-state index in [4.69, 9.17) is 10.5 Å². The van der Waals surface area contributed by atoms with Crippen LogP contribution in [0.5, 0.6) is 5.75 Å². The van der Waals surface area contributed by atoms with E-state index < -0.39 is 12.0 Å². The van der Waals surface area contributed by atoms with Crippen LogP contribution < -0.4 is 20.3 Å². The summed E-state index contributed by atoms with van der Waals surface area (Å²) in [4.78, 5) is 28.4. The number of carbonyl (C=O) groups excluding carboxylic acids is 2. The summed E-state index contributed by atoms with van der Waals surface area (Å²) in [6.45, 7) is 1.24. The van der Waals surface area contributed by atoms with Crippen LogP contribution in [0, 0.1) is 0 Å². The van der Waals surface area contributed by atoms with Crippen molar-refractivity contribution >= 4 is 23.2 Å². The third kappa shape index (κ3) is 2.98. The zero-order valence-corrected chi connectivity index (χ0v) is 14.4. The number of nitrogens with two attached hydrogens (primary N) is 1. The molecule has 2 amide bonds. The summed E-state index contributed by atoms with van der Waals surface area (Å²) < 4.78 is 5.64. The number of hydrogen-bond donors (Lipinski definition) is 1. The van der Waals surface area contributed by atoms with Gasteiger partial charge in [0.15, 0.2) is 6.10 Å². The van der Waals surface area contributed by atoms with Gasteiger partial charge in [-0.25, -0.2) is 0 Å². The molecule has 134 valence electrons. The minimum Gasteiger partial charge on any atom is -0.477 e. The molecule has 6 nitrogen and oxygen atoms in total. The smallest absolute Gasteiger partial charge is 0.260 e. The molecule has 2 heterocycles. The van der Waals surface area contributed by atoms with E-state index in [-0.39, 0.29) is 19.0 Å². The highest BCUT2D eigenvalue weighted by Gasteiger charge is 2.33. The number of para-hydroxylation sites is 3. The highest BCUT2D eigenvalue weighted by atomic mass is 16.5. The molecule has 0 fully saturated rings. The Morgan fingerprint density at radius 3 is 2.62 bits per heavy atom. The van der Waals surface area contributed by atoms with Gasteiger partial charge in [0.2, 0.25) is 5.91 Å². The number of ether oxygens (including phenoxy) is 1. The Labute approximate surface area is 152 Å². The Bertz CT molecular complexity index is 852. The fourth-order valence-corrected chi connectivity index (χ4v) is 3.64. The molecular formula is C20H21N3O3. The number of primary amides is 1. The lowest BCUT2D eigenvalue weighted by Gasteiger charge is -2.36. The molecular weight excluding hydrogens is 330 g/mol. The van der Waals surface area contributed by atoms with Gasteiger partial charge in [0.25, 0.3) is 5.91 Å². The van der Waals surface area contributed by atoms with Crippen molar-refractivity contribution in [3.05, 3.63) is 54.1 Å². The monoisotopic (exact) mass is 351 g/mol. The molecule has 0 radical (unpaired) electrons. The van der Waals surface area contributed by atoms with E-state index in [2.05, 4.69) is 17.0 Å². The topological polar surface area (TPSA) is 75.9 Å². The molecule has 0 aliphatic carbocycles. The molecule has 0 saturated heterocycles. The minimum absolute atomic E-state index is 0.0660. The molecule has 2 aromatic rings. The molecule has 0 saturated carbocycles. The largest absolute Gasteiger partial charge is 0.477 e. The number of anilines is 2. The van der Waals surface area contributed by atoms with Gasteiger partial charge >= 0.3 is 0 Å². The van der Waals surface area contributed by atoms with Gasteiger partial charge in [0, 0.05) is 12.2 Å². The number of carbonyl (C=O) groups is 2. The summed E-state index contributed by atoms with van der Waals surface area (Å²) >= 11 is 0. The predicted molar refractivity (Wildman–Crippen MR) is 99.4 cm³/mol. The summed E-state index contributed by atoms with van der Waals surface area (Å²) in [5.41, 5.74) is 8.48. The van der Waals surface area contributed by atoms with Crippen molar-refractivity contribution in [3.63, 3.8) is 0 Å². The van der Waals surface area contributed by atoms with Crippen LogP contribution in [0.2, 0.25) is 0 Å². The number of nitrogens with zero attached hydrogens (tertiary/aromatic N) is 2. The molecule has 2 aliphatic rings. The van der Waals surface area contributed by atoms with Gasteiger partial charge < -0.3 is 20.3 Å². The molecule has 4 rings (SSSR count).